The third kappa shape index (κ3) is 3.20. The fourth-order valence-electron chi connectivity index (χ4n) is 2.91. The number of hydrogen-bond acceptors (Lipinski definition) is 4. The van der Waals surface area contributed by atoms with E-state index in [9.17, 15) is 13.2 Å². The number of hydrogen-bond donors (Lipinski definition) is 1. The predicted molar refractivity (Wildman–Crippen MR) is 68.4 cm³/mol. The van der Waals surface area contributed by atoms with Gasteiger partial charge in [0.15, 0.2) is 6.29 Å². The molecular weight excluding hydrogens is 285 g/mol. The van der Waals surface area contributed by atoms with Gasteiger partial charge in [-0.05, 0) is 31.0 Å². The van der Waals surface area contributed by atoms with Gasteiger partial charge in [0.25, 0.3) is 0 Å². The summed E-state index contributed by atoms with van der Waals surface area (Å²) in [5.74, 6) is -1.28. The van der Waals surface area contributed by atoms with E-state index in [4.69, 9.17) is 9.47 Å². The number of piperidine rings is 1. The smallest absolute Gasteiger partial charge is 0.346 e. The Morgan fingerprint density at radius 1 is 1.19 bits per heavy atom. The molecule has 3 heterocycles. The lowest BCUT2D eigenvalue weighted by molar-refractivity contribution is -0.183. The summed E-state index contributed by atoms with van der Waals surface area (Å²) in [6, 6.07) is 1.38. The third-order valence-corrected chi connectivity index (χ3v) is 4.00. The zero-order valence-electron chi connectivity index (χ0n) is 11.4. The van der Waals surface area contributed by atoms with Gasteiger partial charge in [0.1, 0.15) is 0 Å². The summed E-state index contributed by atoms with van der Waals surface area (Å²) in [7, 11) is 0. The maximum atomic E-state index is 12.9. The van der Waals surface area contributed by atoms with E-state index in [0.29, 0.717) is 19.8 Å². The first-order chi connectivity index (χ1) is 10.1. The van der Waals surface area contributed by atoms with Crippen molar-refractivity contribution in [2.45, 2.75) is 31.3 Å². The SMILES string of the molecule is FC(F)(F)C1CCNC(c2cnccc2C2OCCO2)C1. The van der Waals surface area contributed by atoms with Crippen molar-refractivity contribution < 1.29 is 22.6 Å². The van der Waals surface area contributed by atoms with Gasteiger partial charge in [0, 0.05) is 24.0 Å². The van der Waals surface area contributed by atoms with Crippen molar-refractivity contribution in [3.63, 3.8) is 0 Å². The second-order valence-corrected chi connectivity index (χ2v) is 5.35. The van der Waals surface area contributed by atoms with E-state index in [1.807, 2.05) is 0 Å². The van der Waals surface area contributed by atoms with Gasteiger partial charge in [-0.15, -0.1) is 0 Å². The molecule has 0 spiro atoms. The van der Waals surface area contributed by atoms with Crippen molar-refractivity contribution in [3.05, 3.63) is 29.6 Å². The molecule has 2 aliphatic rings. The summed E-state index contributed by atoms with van der Waals surface area (Å²) in [5.41, 5.74) is 1.50. The molecule has 0 aliphatic carbocycles. The Morgan fingerprint density at radius 2 is 1.95 bits per heavy atom. The highest BCUT2D eigenvalue weighted by Crippen LogP contribution is 2.40. The Kier molecular flexibility index (Phi) is 4.14. The summed E-state index contributed by atoms with van der Waals surface area (Å²) in [6.07, 6.45) is -1.30. The molecule has 116 valence electrons. The van der Waals surface area contributed by atoms with E-state index in [1.54, 1.807) is 18.5 Å². The molecule has 21 heavy (non-hydrogen) atoms. The topological polar surface area (TPSA) is 43.4 Å². The van der Waals surface area contributed by atoms with Crippen molar-refractivity contribution in [3.8, 4) is 0 Å². The largest absolute Gasteiger partial charge is 0.391 e. The first-order valence-corrected chi connectivity index (χ1v) is 7.03. The number of halogens is 3. The zero-order chi connectivity index (χ0) is 14.9. The average Bonchev–Trinajstić information content (AvgIpc) is 3.01. The minimum absolute atomic E-state index is 0.0227. The van der Waals surface area contributed by atoms with Gasteiger partial charge in [-0.25, -0.2) is 0 Å². The van der Waals surface area contributed by atoms with Crippen molar-refractivity contribution in [2.24, 2.45) is 5.92 Å². The maximum absolute atomic E-state index is 12.9. The van der Waals surface area contributed by atoms with Crippen LogP contribution in [0.5, 0.6) is 0 Å². The van der Waals surface area contributed by atoms with Gasteiger partial charge in [-0.3, -0.25) is 4.98 Å². The van der Waals surface area contributed by atoms with Crippen LogP contribution in [0.4, 0.5) is 13.2 Å². The molecule has 1 aromatic rings. The Labute approximate surface area is 120 Å². The second-order valence-electron chi connectivity index (χ2n) is 5.35. The number of rotatable bonds is 2. The molecule has 0 amide bonds. The van der Waals surface area contributed by atoms with Crippen LogP contribution in [0.2, 0.25) is 0 Å². The quantitative estimate of drug-likeness (QED) is 0.912. The highest BCUT2D eigenvalue weighted by molar-refractivity contribution is 5.28. The molecule has 2 unspecified atom stereocenters. The van der Waals surface area contributed by atoms with Crippen molar-refractivity contribution in [2.75, 3.05) is 19.8 Å². The van der Waals surface area contributed by atoms with Gasteiger partial charge in [0.05, 0.1) is 19.1 Å². The molecule has 1 aromatic heterocycles. The predicted octanol–water partition coefficient (Wildman–Crippen LogP) is 2.73. The molecule has 0 saturated carbocycles. The molecule has 1 N–H and O–H groups in total. The fraction of sp³-hybridized carbons (Fsp3) is 0.643. The Bertz CT molecular complexity index is 489. The summed E-state index contributed by atoms with van der Waals surface area (Å²) < 4.78 is 49.7. The Balaban J connectivity index is 1.83. The second kappa shape index (κ2) is 5.90. The molecule has 2 aliphatic heterocycles. The van der Waals surface area contributed by atoms with E-state index in [-0.39, 0.29) is 18.9 Å². The molecule has 0 aromatic carbocycles. The van der Waals surface area contributed by atoms with Gasteiger partial charge >= 0.3 is 6.18 Å². The van der Waals surface area contributed by atoms with Crippen LogP contribution >= 0.6 is 0 Å². The zero-order valence-corrected chi connectivity index (χ0v) is 11.4. The molecule has 7 heteroatoms. The van der Waals surface area contributed by atoms with Crippen LogP contribution in [0.15, 0.2) is 18.5 Å². The van der Waals surface area contributed by atoms with E-state index in [0.717, 1.165) is 11.1 Å². The molecule has 2 saturated heterocycles. The first kappa shape index (κ1) is 14.7. The number of pyridine rings is 1. The third-order valence-electron chi connectivity index (χ3n) is 4.00. The highest BCUT2D eigenvalue weighted by Gasteiger charge is 2.43. The van der Waals surface area contributed by atoms with E-state index < -0.39 is 18.4 Å². The summed E-state index contributed by atoms with van der Waals surface area (Å²) in [5, 5.41) is 3.15. The van der Waals surface area contributed by atoms with Gasteiger partial charge in [-0.1, -0.05) is 0 Å². The molecule has 0 bridgehead atoms. The van der Waals surface area contributed by atoms with Gasteiger partial charge < -0.3 is 14.8 Å². The minimum atomic E-state index is -4.15. The average molecular weight is 302 g/mol. The first-order valence-electron chi connectivity index (χ1n) is 7.03. The van der Waals surface area contributed by atoms with Crippen LogP contribution < -0.4 is 5.32 Å². The summed E-state index contributed by atoms with van der Waals surface area (Å²) >= 11 is 0. The molecular formula is C14H17F3N2O2. The maximum Gasteiger partial charge on any atom is 0.391 e. The number of nitrogens with one attached hydrogen (secondary N) is 1. The van der Waals surface area contributed by atoms with Gasteiger partial charge in [-0.2, -0.15) is 13.2 Å². The standard InChI is InChI=1S/C14H17F3N2O2/c15-14(16,17)9-1-4-19-12(7-9)11-8-18-3-2-10(11)13-20-5-6-21-13/h2-3,8-9,12-13,19H,1,4-7H2. The number of nitrogens with zero attached hydrogens (tertiary/aromatic N) is 1. The molecule has 0 radical (unpaired) electrons. The lowest BCUT2D eigenvalue weighted by Gasteiger charge is -2.33. The van der Waals surface area contributed by atoms with Crippen molar-refractivity contribution >= 4 is 0 Å². The Morgan fingerprint density at radius 3 is 2.67 bits per heavy atom. The van der Waals surface area contributed by atoms with E-state index >= 15 is 0 Å². The molecule has 2 fully saturated rings. The van der Waals surface area contributed by atoms with E-state index in [2.05, 4.69) is 10.3 Å². The van der Waals surface area contributed by atoms with Crippen molar-refractivity contribution in [1.29, 1.82) is 0 Å². The highest BCUT2D eigenvalue weighted by atomic mass is 19.4. The number of alkyl halides is 3. The monoisotopic (exact) mass is 302 g/mol. The van der Waals surface area contributed by atoms with Crippen LogP contribution in [0, 0.1) is 5.92 Å². The Hall–Kier alpha value is -1.18. The molecule has 2 atom stereocenters. The van der Waals surface area contributed by atoms with Crippen LogP contribution in [-0.4, -0.2) is 30.9 Å². The van der Waals surface area contributed by atoms with Crippen LogP contribution in [-0.2, 0) is 9.47 Å². The number of aromatic nitrogens is 1. The number of ether oxygens (including phenoxy) is 2. The van der Waals surface area contributed by atoms with Crippen LogP contribution in [0.3, 0.4) is 0 Å². The van der Waals surface area contributed by atoms with Crippen molar-refractivity contribution in [1.82, 2.24) is 10.3 Å². The minimum Gasteiger partial charge on any atom is -0.346 e. The van der Waals surface area contributed by atoms with Gasteiger partial charge in [0.2, 0.25) is 0 Å². The van der Waals surface area contributed by atoms with E-state index in [1.165, 1.54) is 0 Å². The lowest BCUT2D eigenvalue weighted by Crippen LogP contribution is -2.38. The molecule has 4 nitrogen and oxygen atoms in total. The summed E-state index contributed by atoms with van der Waals surface area (Å²) in [4.78, 5) is 4.05. The van der Waals surface area contributed by atoms with Crippen LogP contribution in [0.25, 0.3) is 0 Å². The summed E-state index contributed by atoms with van der Waals surface area (Å²) in [6.45, 7) is 1.33. The lowest BCUT2D eigenvalue weighted by atomic mass is 9.87. The fourth-order valence-corrected chi connectivity index (χ4v) is 2.91. The molecule has 3 rings (SSSR count). The van der Waals surface area contributed by atoms with Crippen LogP contribution in [0.1, 0.15) is 36.3 Å². The normalized spacial score (nSPS) is 28.0.